The molecule has 5 rings (SSSR count). The van der Waals surface area contributed by atoms with E-state index in [0.29, 0.717) is 0 Å². The molecule has 2 aliphatic carbocycles. The van der Waals surface area contributed by atoms with Crippen LogP contribution in [0, 0.1) is 0 Å². The second-order valence-corrected chi connectivity index (χ2v) is 7.38. The first-order valence-electron chi connectivity index (χ1n) is 8.52. The molecule has 0 spiro atoms. The van der Waals surface area contributed by atoms with Gasteiger partial charge in [0.25, 0.3) is 0 Å². The standard InChI is InChI=1S/C23H20/c1-23(2)21-10-6-5-9-18(21)20-14-19-16(13-22(20)23)12-11-15-7-3-4-8-17(15)19/h3-10,13-14H,11-12H2,1-2H3. The molecule has 23 heavy (non-hydrogen) atoms. The summed E-state index contributed by atoms with van der Waals surface area (Å²) in [4.78, 5) is 0. The molecule has 0 saturated heterocycles. The Bertz CT molecular complexity index is 944. The number of fused-ring (bicyclic) bond motifs is 6. The minimum absolute atomic E-state index is 0.109. The van der Waals surface area contributed by atoms with Crippen LogP contribution in [0.3, 0.4) is 0 Å². The monoisotopic (exact) mass is 296 g/mol. The van der Waals surface area contributed by atoms with Gasteiger partial charge >= 0.3 is 0 Å². The largest absolute Gasteiger partial charge is 0.0620 e. The summed E-state index contributed by atoms with van der Waals surface area (Å²) in [5.41, 5.74) is 11.8. The molecule has 0 heterocycles. The summed E-state index contributed by atoms with van der Waals surface area (Å²) >= 11 is 0. The highest BCUT2D eigenvalue weighted by Gasteiger charge is 2.36. The van der Waals surface area contributed by atoms with Crippen LogP contribution in [0.5, 0.6) is 0 Å². The first-order chi connectivity index (χ1) is 11.2. The van der Waals surface area contributed by atoms with E-state index in [2.05, 4.69) is 74.5 Å². The van der Waals surface area contributed by atoms with Crippen LogP contribution >= 0.6 is 0 Å². The fourth-order valence-corrected chi connectivity index (χ4v) is 4.52. The molecular formula is C23H20. The van der Waals surface area contributed by atoms with E-state index in [9.17, 15) is 0 Å². The summed E-state index contributed by atoms with van der Waals surface area (Å²) in [5, 5.41) is 0. The van der Waals surface area contributed by atoms with Crippen LogP contribution in [0.1, 0.15) is 36.1 Å². The Morgan fingerprint density at radius 2 is 1.30 bits per heavy atom. The fraction of sp³-hybridized carbons (Fsp3) is 0.217. The summed E-state index contributed by atoms with van der Waals surface area (Å²) < 4.78 is 0. The molecule has 0 atom stereocenters. The van der Waals surface area contributed by atoms with Crippen LogP contribution in [-0.4, -0.2) is 0 Å². The van der Waals surface area contributed by atoms with Crippen LogP contribution in [0.25, 0.3) is 22.3 Å². The highest BCUT2D eigenvalue weighted by atomic mass is 14.4. The smallest absolute Gasteiger partial charge is 0.0158 e. The van der Waals surface area contributed by atoms with Gasteiger partial charge in [-0.2, -0.15) is 0 Å². The van der Waals surface area contributed by atoms with Crippen molar-refractivity contribution < 1.29 is 0 Å². The topological polar surface area (TPSA) is 0 Å². The number of aryl methyl sites for hydroxylation is 2. The molecule has 0 heteroatoms. The maximum absolute atomic E-state index is 2.49. The molecule has 0 nitrogen and oxygen atoms in total. The third-order valence-electron chi connectivity index (χ3n) is 5.78. The zero-order valence-electron chi connectivity index (χ0n) is 13.7. The van der Waals surface area contributed by atoms with Crippen molar-refractivity contribution in [1.29, 1.82) is 0 Å². The summed E-state index contributed by atoms with van der Waals surface area (Å²) in [6, 6.07) is 22.7. The molecule has 0 amide bonds. The summed E-state index contributed by atoms with van der Waals surface area (Å²) in [6.07, 6.45) is 2.32. The molecule has 3 aromatic rings. The molecule has 112 valence electrons. The van der Waals surface area contributed by atoms with E-state index in [-0.39, 0.29) is 5.41 Å². The van der Waals surface area contributed by atoms with Crippen LogP contribution in [0.15, 0.2) is 60.7 Å². The predicted octanol–water partition coefficient (Wildman–Crippen LogP) is 5.76. The van der Waals surface area contributed by atoms with Gasteiger partial charge in [-0.3, -0.25) is 0 Å². The molecule has 0 aromatic heterocycles. The molecule has 0 N–H and O–H groups in total. The minimum Gasteiger partial charge on any atom is -0.0620 e. The second kappa shape index (κ2) is 4.35. The average molecular weight is 296 g/mol. The molecule has 0 radical (unpaired) electrons. The Hall–Kier alpha value is -2.34. The number of rotatable bonds is 0. The molecule has 0 aliphatic heterocycles. The molecule has 3 aromatic carbocycles. The van der Waals surface area contributed by atoms with Gasteiger partial charge in [-0.25, -0.2) is 0 Å². The fourth-order valence-electron chi connectivity index (χ4n) is 4.52. The predicted molar refractivity (Wildman–Crippen MR) is 96.9 cm³/mol. The summed E-state index contributed by atoms with van der Waals surface area (Å²) in [5.74, 6) is 0. The highest BCUT2D eigenvalue weighted by molar-refractivity contribution is 5.86. The Balaban J connectivity index is 1.83. The summed E-state index contributed by atoms with van der Waals surface area (Å²) in [6.45, 7) is 4.72. The quantitative estimate of drug-likeness (QED) is 0.495. The van der Waals surface area contributed by atoms with Gasteiger partial charge in [0.1, 0.15) is 0 Å². The Kier molecular flexibility index (Phi) is 2.48. The van der Waals surface area contributed by atoms with Crippen molar-refractivity contribution in [3.8, 4) is 22.3 Å². The van der Waals surface area contributed by atoms with Crippen molar-refractivity contribution in [1.82, 2.24) is 0 Å². The van der Waals surface area contributed by atoms with Crippen molar-refractivity contribution in [2.24, 2.45) is 0 Å². The Morgan fingerprint density at radius 3 is 2.17 bits per heavy atom. The number of benzene rings is 3. The molecule has 0 bridgehead atoms. The van der Waals surface area contributed by atoms with E-state index in [1.165, 1.54) is 44.5 Å². The van der Waals surface area contributed by atoms with Crippen molar-refractivity contribution in [2.45, 2.75) is 32.1 Å². The van der Waals surface area contributed by atoms with Crippen molar-refractivity contribution in [3.05, 3.63) is 82.9 Å². The van der Waals surface area contributed by atoms with Gasteiger partial charge in [-0.1, -0.05) is 68.4 Å². The zero-order chi connectivity index (χ0) is 15.6. The number of hydrogen-bond acceptors (Lipinski definition) is 0. The lowest BCUT2D eigenvalue weighted by atomic mass is 9.78. The van der Waals surface area contributed by atoms with Gasteiger partial charge in [0.15, 0.2) is 0 Å². The van der Waals surface area contributed by atoms with Gasteiger partial charge in [-0.05, 0) is 63.4 Å². The van der Waals surface area contributed by atoms with Gasteiger partial charge in [0, 0.05) is 5.41 Å². The van der Waals surface area contributed by atoms with Gasteiger partial charge < -0.3 is 0 Å². The van der Waals surface area contributed by atoms with Gasteiger partial charge in [-0.15, -0.1) is 0 Å². The van der Waals surface area contributed by atoms with Gasteiger partial charge in [0.05, 0.1) is 0 Å². The van der Waals surface area contributed by atoms with E-state index < -0.39 is 0 Å². The first kappa shape index (κ1) is 13.1. The van der Waals surface area contributed by atoms with Crippen LogP contribution < -0.4 is 0 Å². The van der Waals surface area contributed by atoms with Crippen molar-refractivity contribution in [2.75, 3.05) is 0 Å². The minimum atomic E-state index is 0.109. The van der Waals surface area contributed by atoms with Crippen LogP contribution in [0.2, 0.25) is 0 Å². The van der Waals surface area contributed by atoms with Crippen molar-refractivity contribution >= 4 is 0 Å². The lowest BCUT2D eigenvalue weighted by Gasteiger charge is -2.25. The molecule has 0 fully saturated rings. The molecular weight excluding hydrogens is 276 g/mol. The third-order valence-corrected chi connectivity index (χ3v) is 5.78. The van der Waals surface area contributed by atoms with E-state index >= 15 is 0 Å². The molecule has 0 saturated carbocycles. The van der Waals surface area contributed by atoms with E-state index in [1.807, 2.05) is 0 Å². The first-order valence-corrected chi connectivity index (χ1v) is 8.52. The lowest BCUT2D eigenvalue weighted by Crippen LogP contribution is -2.16. The zero-order valence-corrected chi connectivity index (χ0v) is 13.7. The lowest BCUT2D eigenvalue weighted by molar-refractivity contribution is 0.659. The SMILES string of the molecule is CC1(C)c2ccccc2-c2cc3c(cc21)CCc1ccccc1-3. The highest BCUT2D eigenvalue weighted by Crippen LogP contribution is 2.51. The molecule has 0 unspecified atom stereocenters. The molecule has 2 aliphatic rings. The van der Waals surface area contributed by atoms with Gasteiger partial charge in [0.2, 0.25) is 0 Å². The Morgan fingerprint density at radius 1 is 0.609 bits per heavy atom. The maximum Gasteiger partial charge on any atom is 0.0158 e. The number of hydrogen-bond donors (Lipinski definition) is 0. The van der Waals surface area contributed by atoms with E-state index in [0.717, 1.165) is 12.8 Å². The normalized spacial score (nSPS) is 16.3. The average Bonchev–Trinajstić information content (AvgIpc) is 2.81. The second-order valence-electron chi connectivity index (χ2n) is 7.38. The Labute approximate surface area is 137 Å². The third kappa shape index (κ3) is 1.67. The van der Waals surface area contributed by atoms with E-state index in [1.54, 1.807) is 0 Å². The van der Waals surface area contributed by atoms with Crippen LogP contribution in [0.4, 0.5) is 0 Å². The maximum atomic E-state index is 2.49. The van der Waals surface area contributed by atoms with Crippen LogP contribution in [-0.2, 0) is 18.3 Å². The van der Waals surface area contributed by atoms with E-state index in [4.69, 9.17) is 0 Å². The summed E-state index contributed by atoms with van der Waals surface area (Å²) in [7, 11) is 0. The van der Waals surface area contributed by atoms with Crippen molar-refractivity contribution in [3.63, 3.8) is 0 Å².